The molecule has 0 saturated heterocycles. The number of hydrogen-bond acceptors (Lipinski definition) is 2. The quantitative estimate of drug-likeness (QED) is 0.639. The summed E-state index contributed by atoms with van der Waals surface area (Å²) in [7, 11) is 4.30. The van der Waals surface area contributed by atoms with Crippen molar-refractivity contribution in [1.29, 1.82) is 0 Å². The predicted molar refractivity (Wildman–Crippen MR) is 61.4 cm³/mol. The summed E-state index contributed by atoms with van der Waals surface area (Å²) in [5, 5.41) is 6.99. The Morgan fingerprint density at radius 2 is 2.33 bits per heavy atom. The van der Waals surface area contributed by atoms with Gasteiger partial charge in [0.1, 0.15) is 0 Å². The van der Waals surface area contributed by atoms with Crippen molar-refractivity contribution in [3.8, 4) is 0 Å². The highest BCUT2D eigenvalue weighted by Crippen LogP contribution is 2.20. The van der Waals surface area contributed by atoms with E-state index in [1.54, 1.807) is 0 Å². The molecule has 0 bridgehead atoms. The monoisotopic (exact) mass is 201 g/mol. The number of hydrogen-bond donors (Lipinski definition) is 0. The van der Waals surface area contributed by atoms with E-state index in [9.17, 15) is 0 Å². The average Bonchev–Trinajstić information content (AvgIpc) is 2.64. The third-order valence-electron chi connectivity index (χ3n) is 3.30. The highest BCUT2D eigenvalue weighted by atomic mass is 15.3. The molecule has 78 valence electrons. The molecule has 3 nitrogen and oxygen atoms in total. The summed E-state index contributed by atoms with van der Waals surface area (Å²) in [5.41, 5.74) is 1.51. The Balaban J connectivity index is 2.31. The van der Waals surface area contributed by atoms with E-state index in [0.29, 0.717) is 6.04 Å². The van der Waals surface area contributed by atoms with E-state index >= 15 is 0 Å². The van der Waals surface area contributed by atoms with Crippen LogP contribution in [0.15, 0.2) is 12.3 Å². The van der Waals surface area contributed by atoms with E-state index in [1.807, 2.05) is 10.9 Å². The summed E-state index contributed by atoms with van der Waals surface area (Å²) in [6.45, 7) is 0. The van der Waals surface area contributed by atoms with Crippen molar-refractivity contribution in [2.75, 3.05) is 14.1 Å². The predicted octanol–water partition coefficient (Wildman–Crippen LogP) is 0.0226. The molecule has 3 rings (SSSR count). The van der Waals surface area contributed by atoms with Gasteiger partial charge in [0.25, 0.3) is 0 Å². The lowest BCUT2D eigenvalue weighted by atomic mass is 9.94. The Hall–Kier alpha value is -1.35. The maximum Gasteiger partial charge on any atom is 0.0741 e. The summed E-state index contributed by atoms with van der Waals surface area (Å²) in [6.07, 6.45) is 10.7. The molecule has 1 unspecified atom stereocenters. The second-order valence-electron chi connectivity index (χ2n) is 4.43. The van der Waals surface area contributed by atoms with E-state index in [0.717, 1.165) is 12.8 Å². The summed E-state index contributed by atoms with van der Waals surface area (Å²) >= 11 is 0. The number of aromatic nitrogens is 2. The Morgan fingerprint density at radius 3 is 3.13 bits per heavy atom. The zero-order chi connectivity index (χ0) is 10.4. The van der Waals surface area contributed by atoms with Crippen LogP contribution in [0.5, 0.6) is 0 Å². The summed E-state index contributed by atoms with van der Waals surface area (Å²) in [6, 6.07) is 0.540. The zero-order valence-electron chi connectivity index (χ0n) is 9.14. The molecule has 1 aromatic rings. The average molecular weight is 201 g/mol. The van der Waals surface area contributed by atoms with Crippen molar-refractivity contribution in [3.05, 3.63) is 22.8 Å². The van der Waals surface area contributed by atoms with Crippen LogP contribution in [0.4, 0.5) is 0 Å². The smallest absolute Gasteiger partial charge is 0.0741 e. The second-order valence-corrected chi connectivity index (χ2v) is 4.43. The van der Waals surface area contributed by atoms with Crippen LogP contribution in [0.25, 0.3) is 17.8 Å². The van der Waals surface area contributed by atoms with Crippen molar-refractivity contribution < 1.29 is 0 Å². The first kappa shape index (κ1) is 8.92. The van der Waals surface area contributed by atoms with Gasteiger partial charge in [-0.2, -0.15) is 5.10 Å². The molecule has 1 atom stereocenters. The first-order valence-corrected chi connectivity index (χ1v) is 5.37. The van der Waals surface area contributed by atoms with E-state index < -0.39 is 0 Å². The molecule has 2 heterocycles. The molecule has 0 aromatic carbocycles. The van der Waals surface area contributed by atoms with E-state index in [1.165, 1.54) is 16.1 Å². The third-order valence-corrected chi connectivity index (χ3v) is 3.30. The van der Waals surface area contributed by atoms with Gasteiger partial charge in [-0.3, -0.25) is 0 Å². The SMILES string of the molecule is CN(C)C1CC=c2cnn3c2=C1CC=C3. The first-order chi connectivity index (χ1) is 7.27. The molecule has 3 heteroatoms. The third kappa shape index (κ3) is 1.20. The Bertz CT molecular complexity index is 534. The van der Waals surface area contributed by atoms with Gasteiger partial charge in [-0.15, -0.1) is 0 Å². The molecule has 1 aliphatic heterocycles. The van der Waals surface area contributed by atoms with Crippen LogP contribution in [0, 0.1) is 0 Å². The standard InChI is InChI=1S/C12H15N3/c1-14(2)11-6-5-9-8-13-15-7-3-4-10(11)12(9)15/h3,5,7-8,11H,4,6H2,1-2H3. The van der Waals surface area contributed by atoms with Crippen LogP contribution in [0.2, 0.25) is 0 Å². The maximum absolute atomic E-state index is 4.37. The van der Waals surface area contributed by atoms with Crippen molar-refractivity contribution in [3.63, 3.8) is 0 Å². The Morgan fingerprint density at radius 1 is 1.47 bits per heavy atom. The lowest BCUT2D eigenvalue weighted by Gasteiger charge is -2.28. The molecule has 0 radical (unpaired) electrons. The fourth-order valence-electron chi connectivity index (χ4n) is 2.54. The van der Waals surface area contributed by atoms with Crippen LogP contribution in [0.1, 0.15) is 12.8 Å². The fraction of sp³-hybridized carbons (Fsp3) is 0.417. The van der Waals surface area contributed by atoms with Gasteiger partial charge >= 0.3 is 0 Å². The molecular formula is C12H15N3. The van der Waals surface area contributed by atoms with Gasteiger partial charge in [-0.05, 0) is 32.5 Å². The van der Waals surface area contributed by atoms with Gasteiger partial charge in [0.2, 0.25) is 0 Å². The lowest BCUT2D eigenvalue weighted by molar-refractivity contribution is 0.352. The number of nitrogens with zero attached hydrogens (tertiary/aromatic N) is 3. The van der Waals surface area contributed by atoms with Crippen LogP contribution in [-0.4, -0.2) is 34.8 Å². The molecule has 1 aromatic heterocycles. The molecule has 2 aliphatic rings. The number of allylic oxidation sites excluding steroid dienone is 1. The first-order valence-electron chi connectivity index (χ1n) is 5.37. The second kappa shape index (κ2) is 3.07. The number of rotatable bonds is 1. The Labute approximate surface area is 89.0 Å². The molecule has 1 aliphatic carbocycles. The van der Waals surface area contributed by atoms with Gasteiger partial charge in [0, 0.05) is 17.5 Å². The molecule has 0 fully saturated rings. The van der Waals surface area contributed by atoms with Crippen LogP contribution >= 0.6 is 0 Å². The van der Waals surface area contributed by atoms with Crippen molar-refractivity contribution in [2.45, 2.75) is 18.9 Å². The molecule has 0 N–H and O–H groups in total. The minimum absolute atomic E-state index is 0.540. The van der Waals surface area contributed by atoms with Gasteiger partial charge in [-0.1, -0.05) is 12.2 Å². The fourth-order valence-corrected chi connectivity index (χ4v) is 2.54. The molecular weight excluding hydrogens is 186 g/mol. The Kier molecular flexibility index (Phi) is 1.83. The van der Waals surface area contributed by atoms with Crippen LogP contribution in [0.3, 0.4) is 0 Å². The highest BCUT2D eigenvalue weighted by Gasteiger charge is 2.22. The van der Waals surface area contributed by atoms with Gasteiger partial charge < -0.3 is 4.90 Å². The largest absolute Gasteiger partial charge is 0.302 e. The lowest BCUT2D eigenvalue weighted by Crippen LogP contribution is -2.43. The van der Waals surface area contributed by atoms with Crippen molar-refractivity contribution in [2.24, 2.45) is 0 Å². The zero-order valence-corrected chi connectivity index (χ0v) is 9.14. The van der Waals surface area contributed by atoms with Gasteiger partial charge in [-0.25, -0.2) is 4.68 Å². The summed E-state index contributed by atoms with van der Waals surface area (Å²) < 4.78 is 2.00. The van der Waals surface area contributed by atoms with Gasteiger partial charge in [0.15, 0.2) is 0 Å². The minimum atomic E-state index is 0.540. The molecule has 0 spiro atoms. The van der Waals surface area contributed by atoms with Crippen LogP contribution < -0.4 is 10.6 Å². The maximum atomic E-state index is 4.37. The minimum Gasteiger partial charge on any atom is -0.302 e. The summed E-state index contributed by atoms with van der Waals surface area (Å²) in [5.74, 6) is 0. The summed E-state index contributed by atoms with van der Waals surface area (Å²) in [4.78, 5) is 2.30. The van der Waals surface area contributed by atoms with E-state index in [-0.39, 0.29) is 0 Å². The van der Waals surface area contributed by atoms with E-state index in [4.69, 9.17) is 0 Å². The molecule has 0 saturated carbocycles. The molecule has 15 heavy (non-hydrogen) atoms. The normalized spacial score (nSPS) is 22.9. The van der Waals surface area contributed by atoms with Gasteiger partial charge in [0.05, 0.1) is 11.5 Å². The molecule has 0 amide bonds. The highest BCUT2D eigenvalue weighted by molar-refractivity contribution is 5.60. The topological polar surface area (TPSA) is 21.1 Å². The van der Waals surface area contributed by atoms with E-state index in [2.05, 4.69) is 42.4 Å². The van der Waals surface area contributed by atoms with Crippen molar-refractivity contribution >= 4 is 17.8 Å². The van der Waals surface area contributed by atoms with Crippen molar-refractivity contribution in [1.82, 2.24) is 14.7 Å². The van der Waals surface area contributed by atoms with Crippen LogP contribution in [-0.2, 0) is 0 Å².